The number of aromatic nitrogens is 10. The fraction of sp³-hybridized carbons (Fsp3) is 0.600. The predicted octanol–water partition coefficient (Wildman–Crippen LogP) is -3.40. The number of fused-ring (bicyclic) bond motifs is 2. The molecule has 3 saturated heterocycles. The molecule has 13 N–H and O–H groups in total. The fourth-order valence-corrected chi connectivity index (χ4v) is 15.6. The summed E-state index contributed by atoms with van der Waals surface area (Å²) in [5.41, 5.74) is 7.50. The highest BCUT2D eigenvalue weighted by Gasteiger charge is 2.58. The lowest BCUT2D eigenvalue weighted by atomic mass is 9.95. The number of hydrogen-bond acceptors (Lipinski definition) is 25. The van der Waals surface area contributed by atoms with E-state index in [1.54, 1.807) is 0 Å². The number of phosphoric acid groups is 1. The van der Waals surface area contributed by atoms with Gasteiger partial charge in [-0.3, -0.25) is 51.5 Å². The maximum Gasteiger partial charge on any atom is 0.479 e. The van der Waals surface area contributed by atoms with E-state index in [-0.39, 0.29) is 47.1 Å². The van der Waals surface area contributed by atoms with E-state index in [0.717, 1.165) is 36.6 Å². The maximum atomic E-state index is 14.3. The van der Waals surface area contributed by atoms with Crippen LogP contribution in [-0.2, 0) is 66.9 Å². The first-order valence-corrected chi connectivity index (χ1v) is 28.4. The Labute approximate surface area is 413 Å². The minimum absolute atomic E-state index is 0.0111. The summed E-state index contributed by atoms with van der Waals surface area (Å²) < 4.78 is 107. The fourth-order valence-electron chi connectivity index (χ4n) is 8.86. The highest BCUT2D eigenvalue weighted by Crippen LogP contribution is 2.67. The molecule has 0 aromatic carbocycles. The third-order valence-corrected chi connectivity index (χ3v) is 19.8. The molecule has 0 amide bonds. The van der Waals surface area contributed by atoms with E-state index in [4.69, 9.17) is 48.7 Å². The van der Waals surface area contributed by atoms with Crippen LogP contribution in [0.5, 0.6) is 0 Å². The van der Waals surface area contributed by atoms with Gasteiger partial charge in [0.1, 0.15) is 54.1 Å². The number of rotatable bonds is 21. The average molecular weight is 1130 g/mol. The first-order valence-electron chi connectivity index (χ1n) is 21.7. The van der Waals surface area contributed by atoms with Crippen molar-refractivity contribution < 1.29 is 99.3 Å². The van der Waals surface area contributed by atoms with Gasteiger partial charge in [0.2, 0.25) is 11.7 Å². The van der Waals surface area contributed by atoms with Crippen LogP contribution < -0.4 is 32.8 Å². The van der Waals surface area contributed by atoms with Gasteiger partial charge in [-0.05, 0) is 6.42 Å². The van der Waals surface area contributed by atoms with Crippen molar-refractivity contribution in [3.05, 3.63) is 62.4 Å². The van der Waals surface area contributed by atoms with Crippen molar-refractivity contribution in [1.29, 1.82) is 0 Å². The highest BCUT2D eigenvalue weighted by atomic mass is 31.3. The van der Waals surface area contributed by atoms with Crippen LogP contribution in [0.15, 0.2) is 45.6 Å². The summed E-state index contributed by atoms with van der Waals surface area (Å²) in [4.78, 5) is 101. The summed E-state index contributed by atoms with van der Waals surface area (Å²) in [5, 5.41) is 32.9. The van der Waals surface area contributed by atoms with Crippen molar-refractivity contribution in [2.75, 3.05) is 58.0 Å². The van der Waals surface area contributed by atoms with Crippen LogP contribution in [0, 0.1) is 5.92 Å². The monoisotopic (exact) mass is 1130 g/mol. The Morgan fingerprint density at radius 1 is 0.824 bits per heavy atom. The summed E-state index contributed by atoms with van der Waals surface area (Å²) in [7, 11) is -18.1. The quantitative estimate of drug-likeness (QED) is 0.0252. The molecule has 8 heterocycles. The molecule has 39 heteroatoms. The SMILES string of the molecule is COCC[C@H]1[C@@H](O)[C@H]([n+]2cn(C)c3c(=O)[nH]c(N)nc32)O[C@@H]1COP(=O)(O)CP(=O)(O)OP(=O)(O)OC[C@H]1O[C@@H](n2cnc3c(N)ncnc32)[C@H](OC)[C@@H]1P(=O)(O)OC[C@H]1O[C@@H](n2ccc(=O)[nH]c2=O)[C@H](O)[C@@H]1O. The molecule has 3 aliphatic heterocycles. The molecule has 16 atom stereocenters. The van der Waals surface area contributed by atoms with E-state index >= 15 is 0 Å². The standard InChI is InChI=1S/C35H50N12O23P4/c1-44-13-47(29-21(44)30(52)43-34(37)42-29)31-22(49)15(5-7-62-2)16(67-31)8-64-71(54,55)14-72(56,57)70-74(60,61)66-10-18-26(25(63-3)33(69-18)46-12-40-20-27(36)38-11-39-28(20)46)73(58,59)65-9-17-23(50)24(51)32(68-17)45-6-4-19(48)41-35(45)53/h4,6,11-13,15-18,22-26,31-33,49-51H,5,7-10,14H2,1-3H3,(H9-,36,37,38,39,41,42,43,48,52,53,54,55,56,57,58,59,60,61)/p+1/t15-,16-,17-,18-,22-,23-,24-,25-,26-,31-,32-,33-/m1/s1. The van der Waals surface area contributed by atoms with Crippen molar-refractivity contribution >= 4 is 64.7 Å². The summed E-state index contributed by atoms with van der Waals surface area (Å²) in [6.07, 6.45) is -11.0. The molecule has 3 fully saturated rings. The summed E-state index contributed by atoms with van der Waals surface area (Å²) in [6, 6.07) is 0.935. The lowest BCUT2D eigenvalue weighted by Crippen LogP contribution is -2.45. The van der Waals surface area contributed by atoms with Crippen molar-refractivity contribution in [2.45, 2.75) is 73.5 Å². The van der Waals surface area contributed by atoms with Crippen molar-refractivity contribution in [2.24, 2.45) is 13.0 Å². The predicted molar refractivity (Wildman–Crippen MR) is 244 cm³/mol. The van der Waals surface area contributed by atoms with Gasteiger partial charge >= 0.3 is 41.9 Å². The summed E-state index contributed by atoms with van der Waals surface area (Å²) >= 11 is 0. The van der Waals surface area contributed by atoms with Gasteiger partial charge in [0.15, 0.2) is 36.2 Å². The molecule has 5 aromatic heterocycles. The lowest BCUT2D eigenvalue weighted by Gasteiger charge is -2.28. The Balaban J connectivity index is 0.959. The number of aromatic amines is 2. The van der Waals surface area contributed by atoms with Crippen LogP contribution >= 0.6 is 30.6 Å². The molecule has 0 aliphatic carbocycles. The molecule has 35 nitrogen and oxygen atoms in total. The first-order chi connectivity index (χ1) is 34.7. The molecular formula is C35H51N12O23P4+. The van der Waals surface area contributed by atoms with E-state index in [2.05, 4.69) is 29.2 Å². The number of nitrogens with one attached hydrogen (secondary N) is 2. The van der Waals surface area contributed by atoms with Crippen LogP contribution in [0.2, 0.25) is 0 Å². The van der Waals surface area contributed by atoms with Crippen molar-refractivity contribution in [3.8, 4) is 0 Å². The van der Waals surface area contributed by atoms with E-state index in [0.29, 0.717) is 0 Å². The largest absolute Gasteiger partial charge is 0.479 e. The van der Waals surface area contributed by atoms with Gasteiger partial charge in [0, 0.05) is 39.0 Å². The molecule has 4 unspecified atom stereocenters. The van der Waals surface area contributed by atoms with Gasteiger partial charge in [0.05, 0.1) is 39.3 Å². The molecule has 0 radical (unpaired) electrons. The Kier molecular flexibility index (Phi) is 16.2. The van der Waals surface area contributed by atoms with Crippen LogP contribution in [0.3, 0.4) is 0 Å². The number of methoxy groups -OCH3 is 2. The second-order valence-electron chi connectivity index (χ2n) is 17.1. The molecule has 0 bridgehead atoms. The molecule has 0 spiro atoms. The first kappa shape index (κ1) is 55.7. The third kappa shape index (κ3) is 11.4. The number of phosphoric ester groups is 1. The Bertz CT molecular complexity index is 3260. The molecule has 5 aromatic rings. The molecular weight excluding hydrogens is 1080 g/mol. The van der Waals surface area contributed by atoms with Crippen LogP contribution in [0.25, 0.3) is 22.3 Å². The molecule has 74 heavy (non-hydrogen) atoms. The summed E-state index contributed by atoms with van der Waals surface area (Å²) in [5.74, 6) is -3.02. The van der Waals surface area contributed by atoms with Crippen LogP contribution in [0.4, 0.5) is 11.8 Å². The van der Waals surface area contributed by atoms with Gasteiger partial charge in [-0.2, -0.15) is 0 Å². The van der Waals surface area contributed by atoms with Crippen LogP contribution in [0.1, 0.15) is 25.1 Å². The smallest absolute Gasteiger partial charge is 0.387 e. The van der Waals surface area contributed by atoms with Gasteiger partial charge in [-0.25, -0.2) is 33.2 Å². The number of nitrogens with zero attached hydrogens (tertiary/aromatic N) is 8. The Hall–Kier alpha value is -4.54. The zero-order chi connectivity index (χ0) is 53.8. The number of ether oxygens (including phenoxy) is 5. The molecule has 8 rings (SSSR count). The van der Waals surface area contributed by atoms with Crippen LogP contribution in [-0.4, -0.2) is 173 Å². The molecule has 0 saturated carbocycles. The number of aliphatic hydroxyl groups is 3. The second-order valence-corrected chi connectivity index (χ2v) is 24.8. The van der Waals surface area contributed by atoms with E-state index in [1.165, 1.54) is 34.2 Å². The number of anilines is 2. The minimum Gasteiger partial charge on any atom is -0.387 e. The normalized spacial score (nSPS) is 30.6. The average Bonchev–Trinajstić information content (AvgIpc) is 4.12. The Morgan fingerprint density at radius 2 is 1.53 bits per heavy atom. The number of H-pyrrole nitrogens is 2. The van der Waals surface area contributed by atoms with E-state index in [1.807, 2.05) is 4.98 Å². The number of nitrogen functional groups attached to an aromatic ring is 2. The van der Waals surface area contributed by atoms with E-state index in [9.17, 15) is 67.5 Å². The maximum absolute atomic E-state index is 14.3. The van der Waals surface area contributed by atoms with Gasteiger partial charge in [0.25, 0.3) is 17.1 Å². The topological polar surface area (TPSA) is 498 Å². The number of nitrogens with two attached hydrogens (primary N) is 2. The van der Waals surface area contributed by atoms with Crippen molar-refractivity contribution in [3.63, 3.8) is 0 Å². The van der Waals surface area contributed by atoms with Gasteiger partial charge < -0.3 is 79.1 Å². The number of aliphatic hydroxyl groups excluding tert-OH is 3. The Morgan fingerprint density at radius 3 is 2.23 bits per heavy atom. The van der Waals surface area contributed by atoms with E-state index < -0.39 is 146 Å². The van der Waals surface area contributed by atoms with Gasteiger partial charge in [-0.15, -0.1) is 0 Å². The number of imidazole rings is 2. The van der Waals surface area contributed by atoms with Crippen molar-refractivity contribution in [1.82, 2.24) is 43.6 Å². The van der Waals surface area contributed by atoms with Gasteiger partial charge in [-0.1, -0.05) is 4.98 Å². The summed E-state index contributed by atoms with van der Waals surface area (Å²) in [6.45, 7) is -2.97. The number of aryl methyl sites for hydroxylation is 1. The zero-order valence-corrected chi connectivity index (χ0v) is 42.3. The second kappa shape index (κ2) is 21.5. The zero-order valence-electron chi connectivity index (χ0n) is 38.7. The third-order valence-electron chi connectivity index (χ3n) is 12.2. The minimum atomic E-state index is -5.85. The number of hydrogen-bond donors (Lipinski definition) is 11. The lowest BCUT2D eigenvalue weighted by molar-refractivity contribution is -0.745. The highest BCUT2D eigenvalue weighted by molar-refractivity contribution is 7.74. The molecule has 408 valence electrons. The molecule has 3 aliphatic rings.